The lowest BCUT2D eigenvalue weighted by atomic mass is 9.94. The fraction of sp³-hybridized carbons (Fsp3) is 0.200. The van der Waals surface area contributed by atoms with Gasteiger partial charge in [-0.3, -0.25) is 9.59 Å². The summed E-state index contributed by atoms with van der Waals surface area (Å²) in [6, 6.07) is 19.4. The molecule has 0 spiro atoms. The number of nitrogens with zero attached hydrogens (tertiary/aromatic N) is 1. The Kier molecular flexibility index (Phi) is 5.89. The molecule has 0 fully saturated rings. The van der Waals surface area contributed by atoms with Crippen LogP contribution in [0.1, 0.15) is 34.6 Å². The van der Waals surface area contributed by atoms with Crippen LogP contribution in [0.15, 0.2) is 88.7 Å². The first kappa shape index (κ1) is 20.5. The number of Topliss-reactive ketones (excluding diaryl/α,β-unsaturated/α-hetero) is 1. The Balaban J connectivity index is 1.73. The second kappa shape index (κ2) is 8.92. The predicted octanol–water partition coefficient (Wildman–Crippen LogP) is 4.50. The van der Waals surface area contributed by atoms with E-state index in [1.165, 1.54) is 17.2 Å². The zero-order valence-corrected chi connectivity index (χ0v) is 17.2. The van der Waals surface area contributed by atoms with E-state index >= 15 is 0 Å². The van der Waals surface area contributed by atoms with Crippen molar-refractivity contribution in [1.29, 1.82) is 0 Å². The fourth-order valence-electron chi connectivity index (χ4n) is 3.84. The molecule has 1 amide bonds. The molecule has 31 heavy (non-hydrogen) atoms. The first-order chi connectivity index (χ1) is 15.1. The summed E-state index contributed by atoms with van der Waals surface area (Å²) >= 11 is 0. The van der Waals surface area contributed by atoms with Crippen LogP contribution in [-0.2, 0) is 11.2 Å². The quantitative estimate of drug-likeness (QED) is 0.546. The van der Waals surface area contributed by atoms with Crippen molar-refractivity contribution in [3.63, 3.8) is 0 Å². The Labute approximate surface area is 180 Å². The van der Waals surface area contributed by atoms with Crippen LogP contribution in [0.4, 0.5) is 0 Å². The van der Waals surface area contributed by atoms with Crippen molar-refractivity contribution in [1.82, 2.24) is 4.90 Å². The topological polar surface area (TPSA) is 80.0 Å². The highest BCUT2D eigenvalue weighted by molar-refractivity contribution is 6.15. The molecule has 3 aromatic rings. The van der Waals surface area contributed by atoms with E-state index in [0.717, 1.165) is 5.56 Å². The Morgan fingerprint density at radius 1 is 1.10 bits per heavy atom. The minimum Gasteiger partial charge on any atom is -0.503 e. The summed E-state index contributed by atoms with van der Waals surface area (Å²) in [6.07, 6.45) is 1.98. The molecule has 4 rings (SSSR count). The summed E-state index contributed by atoms with van der Waals surface area (Å²) in [5.74, 6) is -0.916. The van der Waals surface area contributed by atoms with Crippen molar-refractivity contribution in [3.05, 3.63) is 101 Å². The largest absolute Gasteiger partial charge is 0.503 e. The first-order valence-corrected chi connectivity index (χ1v) is 10.2. The maximum Gasteiger partial charge on any atom is 0.290 e. The number of benzene rings is 2. The van der Waals surface area contributed by atoms with Crippen molar-refractivity contribution in [2.24, 2.45) is 0 Å². The number of carbonyl (C=O) groups excluding carboxylic acids is 2. The molecule has 1 N–H and O–H groups in total. The highest BCUT2D eigenvalue weighted by atomic mass is 16.5. The Bertz CT molecular complexity index is 1100. The number of aliphatic hydroxyl groups excluding tert-OH is 1. The third-order valence-electron chi connectivity index (χ3n) is 5.26. The standard InChI is InChI=1S/C25H23NO5/c1-2-30-19-11-6-10-18(16-19)22-21(23(27)20-12-7-15-31-20)24(28)25(29)26(22)14-13-17-8-4-3-5-9-17/h3-12,15-16,22,28H,2,13-14H2,1H3. The molecule has 1 aliphatic heterocycles. The number of ether oxygens (including phenoxy) is 1. The summed E-state index contributed by atoms with van der Waals surface area (Å²) in [5, 5.41) is 10.7. The number of rotatable bonds is 8. The molecule has 0 radical (unpaired) electrons. The van der Waals surface area contributed by atoms with Crippen LogP contribution in [0, 0.1) is 0 Å². The van der Waals surface area contributed by atoms with Gasteiger partial charge in [-0.2, -0.15) is 0 Å². The predicted molar refractivity (Wildman–Crippen MR) is 115 cm³/mol. The molecule has 0 saturated carbocycles. The minimum atomic E-state index is -0.741. The number of carbonyl (C=O) groups is 2. The number of ketones is 1. The van der Waals surface area contributed by atoms with Crippen LogP contribution in [0.25, 0.3) is 0 Å². The van der Waals surface area contributed by atoms with Gasteiger partial charge in [-0.1, -0.05) is 42.5 Å². The molecule has 1 unspecified atom stereocenters. The van der Waals surface area contributed by atoms with E-state index in [2.05, 4.69) is 0 Å². The third-order valence-corrected chi connectivity index (χ3v) is 5.26. The van der Waals surface area contributed by atoms with Gasteiger partial charge in [0.25, 0.3) is 5.91 Å². The fourth-order valence-corrected chi connectivity index (χ4v) is 3.84. The second-order valence-electron chi connectivity index (χ2n) is 7.21. The van der Waals surface area contributed by atoms with Gasteiger partial charge >= 0.3 is 0 Å². The van der Waals surface area contributed by atoms with Crippen LogP contribution >= 0.6 is 0 Å². The number of aliphatic hydroxyl groups is 1. The lowest BCUT2D eigenvalue weighted by Gasteiger charge is -2.27. The number of hydrogen-bond acceptors (Lipinski definition) is 5. The van der Waals surface area contributed by atoms with Crippen molar-refractivity contribution in [2.75, 3.05) is 13.2 Å². The molecule has 6 nitrogen and oxygen atoms in total. The summed E-state index contributed by atoms with van der Waals surface area (Å²) < 4.78 is 10.9. The third kappa shape index (κ3) is 4.10. The molecule has 2 aromatic carbocycles. The van der Waals surface area contributed by atoms with Crippen molar-refractivity contribution in [2.45, 2.75) is 19.4 Å². The smallest absolute Gasteiger partial charge is 0.290 e. The molecule has 0 bridgehead atoms. The maximum atomic E-state index is 13.2. The molecule has 2 heterocycles. The molecular weight excluding hydrogens is 394 g/mol. The Morgan fingerprint density at radius 2 is 1.90 bits per heavy atom. The zero-order valence-electron chi connectivity index (χ0n) is 17.2. The van der Waals surface area contributed by atoms with Crippen LogP contribution < -0.4 is 4.74 Å². The summed E-state index contributed by atoms with van der Waals surface area (Å²) in [7, 11) is 0. The monoisotopic (exact) mass is 417 g/mol. The van der Waals surface area contributed by atoms with Gasteiger partial charge < -0.3 is 19.2 Å². The van der Waals surface area contributed by atoms with E-state index in [1.807, 2.05) is 55.5 Å². The van der Waals surface area contributed by atoms with E-state index in [9.17, 15) is 14.7 Å². The zero-order chi connectivity index (χ0) is 21.8. The van der Waals surface area contributed by atoms with Gasteiger partial charge in [0.1, 0.15) is 5.75 Å². The van der Waals surface area contributed by atoms with E-state index < -0.39 is 23.5 Å². The summed E-state index contributed by atoms with van der Waals surface area (Å²) in [6.45, 7) is 2.71. The summed E-state index contributed by atoms with van der Waals surface area (Å²) in [5.41, 5.74) is 1.76. The SMILES string of the molecule is CCOc1cccc(C2C(C(=O)c3ccco3)=C(O)C(=O)N2CCc2ccccc2)c1. The van der Waals surface area contributed by atoms with E-state index in [1.54, 1.807) is 12.1 Å². The molecular formula is C25H23NO5. The molecule has 158 valence electrons. The number of amides is 1. The minimum absolute atomic E-state index is 0.0154. The lowest BCUT2D eigenvalue weighted by Crippen LogP contribution is -2.33. The van der Waals surface area contributed by atoms with Crippen LogP contribution in [0.2, 0.25) is 0 Å². The van der Waals surface area contributed by atoms with Gasteiger partial charge in [0, 0.05) is 6.54 Å². The molecule has 1 aromatic heterocycles. The molecule has 0 saturated heterocycles. The average Bonchev–Trinajstić information content (AvgIpc) is 3.41. The van der Waals surface area contributed by atoms with E-state index in [-0.39, 0.29) is 11.3 Å². The summed E-state index contributed by atoms with van der Waals surface area (Å²) in [4.78, 5) is 27.7. The molecule has 1 aliphatic rings. The highest BCUT2D eigenvalue weighted by Crippen LogP contribution is 2.40. The van der Waals surface area contributed by atoms with Gasteiger partial charge in [-0.05, 0) is 48.7 Å². The van der Waals surface area contributed by atoms with Gasteiger partial charge in [-0.15, -0.1) is 0 Å². The van der Waals surface area contributed by atoms with Crippen LogP contribution in [0.5, 0.6) is 5.75 Å². The Morgan fingerprint density at radius 3 is 2.61 bits per heavy atom. The molecule has 1 atom stereocenters. The van der Waals surface area contributed by atoms with Crippen molar-refractivity contribution < 1.29 is 23.8 Å². The molecule has 6 heteroatoms. The van der Waals surface area contributed by atoms with Gasteiger partial charge in [0.2, 0.25) is 5.78 Å². The van der Waals surface area contributed by atoms with Gasteiger partial charge in [-0.25, -0.2) is 0 Å². The van der Waals surface area contributed by atoms with E-state index in [0.29, 0.717) is 30.9 Å². The van der Waals surface area contributed by atoms with Crippen molar-refractivity contribution >= 4 is 11.7 Å². The second-order valence-corrected chi connectivity index (χ2v) is 7.21. The maximum absolute atomic E-state index is 13.2. The highest BCUT2D eigenvalue weighted by Gasteiger charge is 2.44. The first-order valence-electron chi connectivity index (χ1n) is 10.2. The Hall–Kier alpha value is -3.80. The number of furan rings is 1. The van der Waals surface area contributed by atoms with Gasteiger partial charge in [0.15, 0.2) is 11.5 Å². The van der Waals surface area contributed by atoms with Crippen LogP contribution in [0.3, 0.4) is 0 Å². The molecule has 0 aliphatic carbocycles. The normalized spacial score (nSPS) is 16.1. The van der Waals surface area contributed by atoms with E-state index in [4.69, 9.17) is 9.15 Å². The van der Waals surface area contributed by atoms with Crippen LogP contribution in [-0.4, -0.2) is 34.8 Å². The average molecular weight is 417 g/mol. The van der Waals surface area contributed by atoms with Gasteiger partial charge in [0.05, 0.1) is 24.5 Å². The lowest BCUT2D eigenvalue weighted by molar-refractivity contribution is -0.129. The number of hydrogen-bond donors (Lipinski definition) is 1. The van der Waals surface area contributed by atoms with Crippen molar-refractivity contribution in [3.8, 4) is 5.75 Å².